The molecule has 3 rings (SSSR count). The summed E-state index contributed by atoms with van der Waals surface area (Å²) in [5.41, 5.74) is -1.00. The third-order valence-corrected chi connectivity index (χ3v) is 4.07. The molecule has 1 aromatic carbocycles. The van der Waals surface area contributed by atoms with Gasteiger partial charge in [0.05, 0.1) is 12.1 Å². The van der Waals surface area contributed by atoms with Gasteiger partial charge in [-0.3, -0.25) is 4.79 Å². The minimum Gasteiger partial charge on any atom is -0.492 e. The predicted molar refractivity (Wildman–Crippen MR) is 90.5 cm³/mol. The molecule has 1 aliphatic rings. The van der Waals surface area contributed by atoms with E-state index in [1.165, 1.54) is 16.7 Å². The van der Waals surface area contributed by atoms with E-state index in [2.05, 4.69) is 10.3 Å². The van der Waals surface area contributed by atoms with E-state index in [0.717, 1.165) is 25.2 Å². The standard InChI is InChI=1S/C17H19F3N4O2/c18-17(19,20)13-2-1-3-14(12-13)26-11-10-24-9-6-22-15(16(24)25)23-7-4-21-5-8-23/h1-3,6,9,12,21H,4-5,7-8,10-11H2. The molecule has 1 fully saturated rings. The highest BCUT2D eigenvalue weighted by Gasteiger charge is 2.30. The maximum Gasteiger partial charge on any atom is 0.416 e. The number of benzene rings is 1. The van der Waals surface area contributed by atoms with Crippen LogP contribution in [0, 0.1) is 0 Å². The molecule has 1 aromatic heterocycles. The molecule has 1 N–H and O–H groups in total. The lowest BCUT2D eigenvalue weighted by atomic mass is 10.2. The van der Waals surface area contributed by atoms with E-state index in [-0.39, 0.29) is 24.5 Å². The molecule has 0 bridgehead atoms. The summed E-state index contributed by atoms with van der Waals surface area (Å²) in [6.07, 6.45) is -1.33. The van der Waals surface area contributed by atoms with Crippen molar-refractivity contribution >= 4 is 5.82 Å². The SMILES string of the molecule is O=c1c(N2CCNCC2)nccn1CCOc1cccc(C(F)(F)F)c1. The number of anilines is 1. The Morgan fingerprint density at radius 3 is 2.73 bits per heavy atom. The van der Waals surface area contributed by atoms with Crippen molar-refractivity contribution in [1.82, 2.24) is 14.9 Å². The van der Waals surface area contributed by atoms with Gasteiger partial charge in [-0.15, -0.1) is 0 Å². The van der Waals surface area contributed by atoms with Crippen LogP contribution in [-0.2, 0) is 12.7 Å². The van der Waals surface area contributed by atoms with Gasteiger partial charge in [0.1, 0.15) is 12.4 Å². The Kier molecular flexibility index (Phi) is 5.46. The van der Waals surface area contributed by atoms with Crippen molar-refractivity contribution in [2.75, 3.05) is 37.7 Å². The van der Waals surface area contributed by atoms with Gasteiger partial charge in [-0.25, -0.2) is 4.98 Å². The zero-order valence-electron chi connectivity index (χ0n) is 14.0. The van der Waals surface area contributed by atoms with Crippen molar-refractivity contribution < 1.29 is 17.9 Å². The van der Waals surface area contributed by atoms with Crippen LogP contribution in [-0.4, -0.2) is 42.3 Å². The molecule has 0 unspecified atom stereocenters. The van der Waals surface area contributed by atoms with E-state index >= 15 is 0 Å². The van der Waals surface area contributed by atoms with Crippen LogP contribution in [0.5, 0.6) is 5.75 Å². The normalized spacial score (nSPS) is 15.1. The van der Waals surface area contributed by atoms with Crippen molar-refractivity contribution in [1.29, 1.82) is 0 Å². The van der Waals surface area contributed by atoms with E-state index in [1.807, 2.05) is 4.90 Å². The van der Waals surface area contributed by atoms with Crippen LogP contribution in [0.2, 0.25) is 0 Å². The van der Waals surface area contributed by atoms with E-state index in [0.29, 0.717) is 18.9 Å². The van der Waals surface area contributed by atoms with Crippen molar-refractivity contribution in [3.8, 4) is 5.75 Å². The topological polar surface area (TPSA) is 59.4 Å². The smallest absolute Gasteiger partial charge is 0.416 e. The first-order valence-corrected chi connectivity index (χ1v) is 8.26. The van der Waals surface area contributed by atoms with Crippen LogP contribution in [0.4, 0.5) is 19.0 Å². The summed E-state index contributed by atoms with van der Waals surface area (Å²) in [6.45, 7) is 3.27. The highest BCUT2D eigenvalue weighted by Crippen LogP contribution is 2.31. The molecule has 0 spiro atoms. The van der Waals surface area contributed by atoms with Gasteiger partial charge in [-0.2, -0.15) is 13.2 Å². The molecule has 0 amide bonds. The Morgan fingerprint density at radius 2 is 2.00 bits per heavy atom. The fourth-order valence-corrected chi connectivity index (χ4v) is 2.73. The molecule has 0 aliphatic carbocycles. The fraction of sp³-hybridized carbons (Fsp3) is 0.412. The molecule has 1 saturated heterocycles. The van der Waals surface area contributed by atoms with E-state index in [1.54, 1.807) is 12.4 Å². The molecule has 6 nitrogen and oxygen atoms in total. The Morgan fingerprint density at radius 1 is 1.23 bits per heavy atom. The summed E-state index contributed by atoms with van der Waals surface area (Å²) < 4.78 is 45.0. The molecule has 0 radical (unpaired) electrons. The first-order valence-electron chi connectivity index (χ1n) is 8.26. The summed E-state index contributed by atoms with van der Waals surface area (Å²) in [5, 5.41) is 3.21. The van der Waals surface area contributed by atoms with Gasteiger partial charge in [-0.1, -0.05) is 6.07 Å². The van der Waals surface area contributed by atoms with Crippen LogP contribution in [0.15, 0.2) is 41.5 Å². The number of piperazine rings is 1. The highest BCUT2D eigenvalue weighted by atomic mass is 19.4. The third kappa shape index (κ3) is 4.34. The number of hydrogen-bond donors (Lipinski definition) is 1. The lowest BCUT2D eigenvalue weighted by Gasteiger charge is -2.27. The summed E-state index contributed by atoms with van der Waals surface area (Å²) in [4.78, 5) is 18.6. The van der Waals surface area contributed by atoms with Crippen molar-refractivity contribution in [3.63, 3.8) is 0 Å². The molecular weight excluding hydrogens is 349 g/mol. The summed E-state index contributed by atoms with van der Waals surface area (Å²) in [7, 11) is 0. The van der Waals surface area contributed by atoms with Gasteiger partial charge in [0.25, 0.3) is 5.56 Å². The number of nitrogens with one attached hydrogen (secondary N) is 1. The number of nitrogens with zero attached hydrogens (tertiary/aromatic N) is 3. The first kappa shape index (κ1) is 18.2. The minimum atomic E-state index is -4.42. The Labute approximate surface area is 148 Å². The number of rotatable bonds is 5. The molecule has 2 aromatic rings. The van der Waals surface area contributed by atoms with Gasteiger partial charge < -0.3 is 19.5 Å². The van der Waals surface area contributed by atoms with E-state index in [9.17, 15) is 18.0 Å². The summed E-state index contributed by atoms with van der Waals surface area (Å²) in [6, 6.07) is 4.68. The maximum atomic E-state index is 12.7. The molecule has 0 saturated carbocycles. The largest absolute Gasteiger partial charge is 0.492 e. The fourth-order valence-electron chi connectivity index (χ4n) is 2.73. The van der Waals surface area contributed by atoms with Gasteiger partial charge in [0.15, 0.2) is 5.82 Å². The zero-order chi connectivity index (χ0) is 18.6. The number of halogens is 3. The number of alkyl halides is 3. The quantitative estimate of drug-likeness (QED) is 0.872. The second-order valence-corrected chi connectivity index (χ2v) is 5.86. The van der Waals surface area contributed by atoms with Crippen LogP contribution in [0.3, 0.4) is 0 Å². The molecule has 1 aliphatic heterocycles. The lowest BCUT2D eigenvalue weighted by Crippen LogP contribution is -2.46. The number of hydrogen-bond acceptors (Lipinski definition) is 5. The highest BCUT2D eigenvalue weighted by molar-refractivity contribution is 5.36. The van der Waals surface area contributed by atoms with Gasteiger partial charge in [0, 0.05) is 38.6 Å². The monoisotopic (exact) mass is 368 g/mol. The Hall–Kier alpha value is -2.55. The third-order valence-electron chi connectivity index (χ3n) is 4.07. The second-order valence-electron chi connectivity index (χ2n) is 5.86. The van der Waals surface area contributed by atoms with Crippen molar-refractivity contribution in [2.24, 2.45) is 0 Å². The van der Waals surface area contributed by atoms with Gasteiger partial charge in [-0.05, 0) is 18.2 Å². The summed E-state index contributed by atoms with van der Waals surface area (Å²) >= 11 is 0. The Bertz CT molecular complexity index is 801. The molecular formula is C17H19F3N4O2. The predicted octanol–water partition coefficient (Wildman–Crippen LogP) is 1.75. The summed E-state index contributed by atoms with van der Waals surface area (Å²) in [5.74, 6) is 0.498. The van der Waals surface area contributed by atoms with E-state index < -0.39 is 11.7 Å². The molecule has 9 heteroatoms. The average molecular weight is 368 g/mol. The van der Waals surface area contributed by atoms with Gasteiger partial charge in [0.2, 0.25) is 0 Å². The maximum absolute atomic E-state index is 12.7. The van der Waals surface area contributed by atoms with Crippen molar-refractivity contribution in [3.05, 3.63) is 52.6 Å². The average Bonchev–Trinajstić information content (AvgIpc) is 2.63. The minimum absolute atomic E-state index is 0.0756. The van der Waals surface area contributed by atoms with E-state index in [4.69, 9.17) is 4.74 Å². The lowest BCUT2D eigenvalue weighted by molar-refractivity contribution is -0.137. The molecule has 2 heterocycles. The van der Waals surface area contributed by atoms with Crippen LogP contribution < -0.4 is 20.5 Å². The Balaban J connectivity index is 1.64. The second kappa shape index (κ2) is 7.77. The van der Waals surface area contributed by atoms with Crippen LogP contribution in [0.1, 0.15) is 5.56 Å². The molecule has 26 heavy (non-hydrogen) atoms. The number of ether oxygens (including phenoxy) is 1. The van der Waals surface area contributed by atoms with Crippen LogP contribution in [0.25, 0.3) is 0 Å². The first-order chi connectivity index (χ1) is 12.4. The van der Waals surface area contributed by atoms with Crippen molar-refractivity contribution in [2.45, 2.75) is 12.7 Å². The molecule has 140 valence electrons. The zero-order valence-corrected chi connectivity index (χ0v) is 14.0. The number of aromatic nitrogens is 2. The molecule has 0 atom stereocenters. The van der Waals surface area contributed by atoms with Gasteiger partial charge >= 0.3 is 6.18 Å². The van der Waals surface area contributed by atoms with Crippen LogP contribution >= 0.6 is 0 Å².